The van der Waals surface area contributed by atoms with Crippen molar-refractivity contribution in [2.24, 2.45) is 11.8 Å². The molecule has 132 valence electrons. The Morgan fingerprint density at radius 1 is 1.25 bits per heavy atom. The maximum absolute atomic E-state index is 12.1. The van der Waals surface area contributed by atoms with Crippen LogP contribution in [-0.2, 0) is 16.0 Å². The van der Waals surface area contributed by atoms with Gasteiger partial charge in [-0.25, -0.2) is 0 Å². The molecule has 0 radical (unpaired) electrons. The molecule has 0 atom stereocenters. The van der Waals surface area contributed by atoms with Crippen LogP contribution in [0.4, 0.5) is 0 Å². The topological polar surface area (TPSA) is 49.4 Å². The summed E-state index contributed by atoms with van der Waals surface area (Å²) < 4.78 is 0. The average molecular weight is 330 g/mol. The molecule has 1 fully saturated rings. The second-order valence-electron chi connectivity index (χ2n) is 7.22. The molecule has 0 saturated carbocycles. The van der Waals surface area contributed by atoms with E-state index in [9.17, 15) is 9.59 Å². The molecule has 1 aliphatic rings. The summed E-state index contributed by atoms with van der Waals surface area (Å²) in [6.45, 7) is 8.23. The van der Waals surface area contributed by atoms with Crippen LogP contribution in [-0.4, -0.2) is 36.3 Å². The molecular weight excluding hydrogens is 300 g/mol. The fraction of sp³-hybridized carbons (Fsp3) is 0.600. The molecule has 0 aliphatic carbocycles. The maximum atomic E-state index is 12.1. The van der Waals surface area contributed by atoms with Gasteiger partial charge in [-0.2, -0.15) is 0 Å². The van der Waals surface area contributed by atoms with Gasteiger partial charge in [0, 0.05) is 32.0 Å². The first kappa shape index (κ1) is 18.5. The van der Waals surface area contributed by atoms with Gasteiger partial charge in [-0.1, -0.05) is 43.7 Å². The van der Waals surface area contributed by atoms with Gasteiger partial charge in [0.25, 0.3) is 0 Å². The smallest absolute Gasteiger partial charge is 0.225 e. The summed E-state index contributed by atoms with van der Waals surface area (Å²) in [5, 5.41) is 3.03. The Hall–Kier alpha value is -1.84. The predicted molar refractivity (Wildman–Crippen MR) is 96.7 cm³/mol. The standard InChI is InChI=1S/C20H30N2O2/c1-15(2)20(24)22-11-8-18(9-12-22)14-19(23)21-10-7-17-6-4-5-16(3)13-17/h4-6,13,15,18H,7-12,14H2,1-3H3,(H,21,23). The van der Waals surface area contributed by atoms with E-state index in [2.05, 4.69) is 36.5 Å². The zero-order valence-corrected chi connectivity index (χ0v) is 15.2. The van der Waals surface area contributed by atoms with Gasteiger partial charge in [-0.3, -0.25) is 9.59 Å². The number of carbonyl (C=O) groups is 2. The Morgan fingerprint density at radius 2 is 1.96 bits per heavy atom. The Balaban J connectivity index is 1.66. The second-order valence-corrected chi connectivity index (χ2v) is 7.22. The molecule has 4 nitrogen and oxygen atoms in total. The monoisotopic (exact) mass is 330 g/mol. The molecular formula is C20H30N2O2. The fourth-order valence-corrected chi connectivity index (χ4v) is 3.27. The number of hydrogen-bond donors (Lipinski definition) is 1. The first-order chi connectivity index (χ1) is 11.5. The van der Waals surface area contributed by atoms with Crippen LogP contribution in [0.1, 0.15) is 44.2 Å². The van der Waals surface area contributed by atoms with Crippen molar-refractivity contribution in [2.45, 2.75) is 46.5 Å². The van der Waals surface area contributed by atoms with Crippen molar-refractivity contribution < 1.29 is 9.59 Å². The quantitative estimate of drug-likeness (QED) is 0.872. The van der Waals surface area contributed by atoms with Gasteiger partial charge < -0.3 is 10.2 Å². The van der Waals surface area contributed by atoms with E-state index in [1.54, 1.807) is 0 Å². The summed E-state index contributed by atoms with van der Waals surface area (Å²) in [6.07, 6.45) is 3.32. The highest BCUT2D eigenvalue weighted by Crippen LogP contribution is 2.21. The third-order valence-corrected chi connectivity index (χ3v) is 4.71. The van der Waals surface area contributed by atoms with Crippen LogP contribution in [0.15, 0.2) is 24.3 Å². The molecule has 1 heterocycles. The van der Waals surface area contributed by atoms with Crippen molar-refractivity contribution in [3.05, 3.63) is 35.4 Å². The van der Waals surface area contributed by atoms with Gasteiger partial charge in [0.2, 0.25) is 11.8 Å². The van der Waals surface area contributed by atoms with E-state index in [1.165, 1.54) is 11.1 Å². The Kier molecular flexibility index (Phi) is 6.83. The van der Waals surface area contributed by atoms with E-state index in [4.69, 9.17) is 0 Å². The lowest BCUT2D eigenvalue weighted by atomic mass is 9.92. The van der Waals surface area contributed by atoms with Crippen LogP contribution in [0, 0.1) is 18.8 Å². The lowest BCUT2D eigenvalue weighted by molar-refractivity contribution is -0.136. The molecule has 2 rings (SSSR count). The predicted octanol–water partition coefficient (Wildman–Crippen LogP) is 2.94. The molecule has 4 heteroatoms. The van der Waals surface area contributed by atoms with Gasteiger partial charge in [0.15, 0.2) is 0 Å². The molecule has 24 heavy (non-hydrogen) atoms. The van der Waals surface area contributed by atoms with Crippen molar-refractivity contribution in [2.75, 3.05) is 19.6 Å². The zero-order valence-electron chi connectivity index (χ0n) is 15.2. The summed E-state index contributed by atoms with van der Waals surface area (Å²) in [4.78, 5) is 26.0. The Morgan fingerprint density at radius 3 is 2.58 bits per heavy atom. The summed E-state index contributed by atoms with van der Waals surface area (Å²) in [6, 6.07) is 8.39. The lowest BCUT2D eigenvalue weighted by Gasteiger charge is -2.32. The zero-order chi connectivity index (χ0) is 17.5. The molecule has 0 unspecified atom stereocenters. The first-order valence-corrected chi connectivity index (χ1v) is 9.06. The Labute approximate surface area is 145 Å². The maximum Gasteiger partial charge on any atom is 0.225 e. The van der Waals surface area contributed by atoms with Gasteiger partial charge >= 0.3 is 0 Å². The number of aryl methyl sites for hydroxylation is 1. The number of piperidine rings is 1. The van der Waals surface area contributed by atoms with Crippen LogP contribution in [0.2, 0.25) is 0 Å². The van der Waals surface area contributed by atoms with E-state index in [-0.39, 0.29) is 17.7 Å². The number of benzene rings is 1. The highest BCUT2D eigenvalue weighted by atomic mass is 16.2. The second kappa shape index (κ2) is 8.86. The molecule has 1 N–H and O–H groups in total. The average Bonchev–Trinajstić information content (AvgIpc) is 2.55. The summed E-state index contributed by atoms with van der Waals surface area (Å²) in [7, 11) is 0. The molecule has 1 aromatic carbocycles. The first-order valence-electron chi connectivity index (χ1n) is 9.06. The van der Waals surface area contributed by atoms with Crippen LogP contribution in [0.3, 0.4) is 0 Å². The largest absolute Gasteiger partial charge is 0.356 e. The van der Waals surface area contributed by atoms with Crippen molar-refractivity contribution in [1.29, 1.82) is 0 Å². The highest BCUT2D eigenvalue weighted by Gasteiger charge is 2.25. The lowest BCUT2D eigenvalue weighted by Crippen LogP contribution is -2.41. The minimum atomic E-state index is 0.0615. The number of likely N-dealkylation sites (tertiary alicyclic amines) is 1. The number of nitrogens with zero attached hydrogens (tertiary/aromatic N) is 1. The molecule has 0 bridgehead atoms. The van der Waals surface area contributed by atoms with Crippen molar-refractivity contribution in [1.82, 2.24) is 10.2 Å². The molecule has 0 aromatic heterocycles. The third-order valence-electron chi connectivity index (χ3n) is 4.71. The van der Waals surface area contributed by atoms with Gasteiger partial charge in [0.05, 0.1) is 0 Å². The van der Waals surface area contributed by atoms with Crippen LogP contribution in [0.5, 0.6) is 0 Å². The van der Waals surface area contributed by atoms with Gasteiger partial charge in [-0.15, -0.1) is 0 Å². The fourth-order valence-electron chi connectivity index (χ4n) is 3.27. The van der Waals surface area contributed by atoms with Crippen molar-refractivity contribution in [3.8, 4) is 0 Å². The van der Waals surface area contributed by atoms with Crippen LogP contribution >= 0.6 is 0 Å². The van der Waals surface area contributed by atoms with Crippen LogP contribution in [0.25, 0.3) is 0 Å². The number of amides is 2. The summed E-state index contributed by atoms with van der Waals surface area (Å²) in [5.74, 6) is 0.832. The van der Waals surface area contributed by atoms with Gasteiger partial charge in [0.1, 0.15) is 0 Å². The highest BCUT2D eigenvalue weighted by molar-refractivity contribution is 5.78. The number of rotatable bonds is 6. The van der Waals surface area contributed by atoms with Crippen molar-refractivity contribution in [3.63, 3.8) is 0 Å². The number of nitrogens with one attached hydrogen (secondary N) is 1. The normalized spacial score (nSPS) is 15.6. The van der Waals surface area contributed by atoms with E-state index < -0.39 is 0 Å². The summed E-state index contributed by atoms with van der Waals surface area (Å²) in [5.41, 5.74) is 2.51. The minimum Gasteiger partial charge on any atom is -0.356 e. The van der Waals surface area contributed by atoms with E-state index >= 15 is 0 Å². The van der Waals surface area contributed by atoms with E-state index in [0.29, 0.717) is 18.9 Å². The third kappa shape index (κ3) is 5.66. The minimum absolute atomic E-state index is 0.0615. The molecule has 1 saturated heterocycles. The number of carbonyl (C=O) groups excluding carboxylic acids is 2. The molecule has 2 amide bonds. The number of hydrogen-bond acceptors (Lipinski definition) is 2. The van der Waals surface area contributed by atoms with Crippen LogP contribution < -0.4 is 5.32 Å². The van der Waals surface area contributed by atoms with Gasteiger partial charge in [-0.05, 0) is 37.7 Å². The van der Waals surface area contributed by atoms with E-state index in [1.807, 2.05) is 18.7 Å². The molecule has 1 aliphatic heterocycles. The summed E-state index contributed by atoms with van der Waals surface area (Å²) >= 11 is 0. The Bertz CT molecular complexity index is 561. The molecule has 0 spiro atoms. The SMILES string of the molecule is Cc1cccc(CCNC(=O)CC2CCN(C(=O)C(C)C)CC2)c1. The van der Waals surface area contributed by atoms with E-state index in [0.717, 1.165) is 32.4 Å². The van der Waals surface area contributed by atoms with Crippen molar-refractivity contribution >= 4 is 11.8 Å². The molecule has 1 aromatic rings.